The van der Waals surface area contributed by atoms with Crippen LogP contribution in [0, 0.1) is 6.92 Å². The van der Waals surface area contributed by atoms with E-state index in [0.29, 0.717) is 33.1 Å². The van der Waals surface area contributed by atoms with Gasteiger partial charge in [0.1, 0.15) is 15.5 Å². The van der Waals surface area contributed by atoms with Gasteiger partial charge < -0.3 is 15.2 Å². The predicted octanol–water partition coefficient (Wildman–Crippen LogP) is 1.87. The predicted molar refractivity (Wildman–Crippen MR) is 134 cm³/mol. The summed E-state index contributed by atoms with van der Waals surface area (Å²) >= 11 is 1.07. The van der Waals surface area contributed by atoms with E-state index in [9.17, 15) is 19.2 Å². The zero-order chi connectivity index (χ0) is 24.4. The van der Waals surface area contributed by atoms with E-state index in [1.807, 2.05) is 12.1 Å². The molecule has 2 N–H and O–H groups in total. The maximum absolute atomic E-state index is 13.1. The fourth-order valence-corrected chi connectivity index (χ4v) is 4.46. The number of aromatic nitrogens is 2. The Morgan fingerprint density at radius 1 is 1.03 bits per heavy atom. The number of hydrogen-bond acceptors (Lipinski definition) is 6. The molecule has 0 fully saturated rings. The Morgan fingerprint density at radius 2 is 1.66 bits per heavy atom. The third kappa shape index (κ3) is 5.57. The molecular formula is C24H22N3NaO6S. The zero-order valence-corrected chi connectivity index (χ0v) is 19.2. The third-order valence-electron chi connectivity index (χ3n) is 5.37. The third-order valence-corrected chi connectivity index (χ3v) is 6.58. The Hall–Kier alpha value is -3.18. The van der Waals surface area contributed by atoms with Crippen LogP contribution in [0.4, 0.5) is 0 Å². The number of carbonyl (C=O) groups excluding carboxylic acids is 1. The number of aromatic carboxylic acids is 1. The summed E-state index contributed by atoms with van der Waals surface area (Å²) in [6.07, 6.45) is 1.43. The van der Waals surface area contributed by atoms with Gasteiger partial charge in [-0.25, -0.2) is 9.59 Å². The minimum atomic E-state index is -1.06. The van der Waals surface area contributed by atoms with E-state index in [1.165, 1.54) is 22.7 Å². The second-order valence-electron chi connectivity index (χ2n) is 7.60. The average molecular weight is 504 g/mol. The summed E-state index contributed by atoms with van der Waals surface area (Å²) in [4.78, 5) is 50.4. The summed E-state index contributed by atoms with van der Waals surface area (Å²) in [6.45, 7) is 1.89. The van der Waals surface area contributed by atoms with E-state index >= 15 is 0 Å². The van der Waals surface area contributed by atoms with Crippen LogP contribution < -0.4 is 21.3 Å². The van der Waals surface area contributed by atoms with Gasteiger partial charge in [-0.3, -0.25) is 18.6 Å². The Morgan fingerprint density at radius 3 is 2.26 bits per heavy atom. The molecule has 2 aromatic heterocycles. The van der Waals surface area contributed by atoms with Crippen molar-refractivity contribution in [3.8, 4) is 5.75 Å². The second kappa shape index (κ2) is 11.0. The summed E-state index contributed by atoms with van der Waals surface area (Å²) in [5.41, 5.74) is 0.926. The monoisotopic (exact) mass is 503 g/mol. The van der Waals surface area contributed by atoms with Gasteiger partial charge >= 0.3 is 41.2 Å². The molecule has 0 radical (unpaired) electrons. The van der Waals surface area contributed by atoms with E-state index in [4.69, 9.17) is 9.84 Å². The summed E-state index contributed by atoms with van der Waals surface area (Å²) in [7, 11) is 1.58. The van der Waals surface area contributed by atoms with E-state index in [1.54, 1.807) is 38.3 Å². The number of nitrogens with zero attached hydrogens (tertiary/aromatic N) is 2. The van der Waals surface area contributed by atoms with Crippen LogP contribution in [0.25, 0.3) is 4.83 Å². The molecular weight excluding hydrogens is 481 g/mol. The Kier molecular flexibility index (Phi) is 8.34. The minimum absolute atomic E-state index is 0. The molecule has 0 saturated carbocycles. The molecule has 4 aromatic rings. The van der Waals surface area contributed by atoms with Crippen LogP contribution in [0.2, 0.25) is 0 Å². The number of aryl methyl sites for hydroxylation is 1. The molecule has 2 heterocycles. The van der Waals surface area contributed by atoms with Crippen molar-refractivity contribution in [1.82, 2.24) is 14.3 Å². The summed E-state index contributed by atoms with van der Waals surface area (Å²) < 4.78 is 7.50. The number of nitrogens with one attached hydrogen (secondary N) is 1. The quantitative estimate of drug-likeness (QED) is 0.372. The molecule has 0 unspecified atom stereocenters. The van der Waals surface area contributed by atoms with Gasteiger partial charge in [0.25, 0.3) is 11.5 Å². The van der Waals surface area contributed by atoms with Gasteiger partial charge in [-0.05, 0) is 42.3 Å². The molecule has 0 spiro atoms. The molecule has 0 aliphatic heterocycles. The first-order chi connectivity index (χ1) is 16.3. The van der Waals surface area contributed by atoms with Gasteiger partial charge in [-0.15, -0.1) is 11.3 Å². The first-order valence-electron chi connectivity index (χ1n) is 10.3. The summed E-state index contributed by atoms with van der Waals surface area (Å²) in [5.74, 6) is -0.697. The van der Waals surface area contributed by atoms with Crippen molar-refractivity contribution in [2.24, 2.45) is 0 Å². The Bertz CT molecular complexity index is 1500. The van der Waals surface area contributed by atoms with Gasteiger partial charge in [0.15, 0.2) is 0 Å². The number of thiazole rings is 1. The number of fused-ring (bicyclic) bond motifs is 1. The van der Waals surface area contributed by atoms with Crippen molar-refractivity contribution in [2.45, 2.75) is 20.0 Å². The molecule has 0 aliphatic carbocycles. The molecule has 1 amide bonds. The molecule has 0 atom stereocenters. The SMILES string of the molecule is COc1ccc(CNC(=O)c2cn3c(=O)n(Cc4ccc(C(=O)O)cc4)c(=O)c(C)c3s2)cc1.[NaH]. The number of methoxy groups -OCH3 is 1. The first kappa shape index (κ1) is 26.4. The van der Waals surface area contributed by atoms with Gasteiger partial charge in [0.05, 0.1) is 19.2 Å². The van der Waals surface area contributed by atoms with Gasteiger partial charge in [0, 0.05) is 18.3 Å². The van der Waals surface area contributed by atoms with E-state index in [-0.39, 0.29) is 47.6 Å². The van der Waals surface area contributed by atoms with Crippen molar-refractivity contribution < 1.29 is 19.4 Å². The normalized spacial score (nSPS) is 10.6. The average Bonchev–Trinajstić information content (AvgIpc) is 3.30. The summed E-state index contributed by atoms with van der Waals surface area (Å²) in [6, 6.07) is 13.2. The van der Waals surface area contributed by atoms with E-state index < -0.39 is 17.2 Å². The van der Waals surface area contributed by atoms with E-state index in [2.05, 4.69) is 5.32 Å². The number of amides is 1. The van der Waals surface area contributed by atoms with Crippen molar-refractivity contribution >= 4 is 57.6 Å². The van der Waals surface area contributed by atoms with Gasteiger partial charge in [0.2, 0.25) is 0 Å². The molecule has 9 nitrogen and oxygen atoms in total. The number of carboxylic acid groups (broad SMARTS) is 1. The number of ether oxygens (including phenoxy) is 1. The number of carboxylic acids is 1. The fourth-order valence-electron chi connectivity index (χ4n) is 3.46. The van der Waals surface area contributed by atoms with Crippen LogP contribution >= 0.6 is 11.3 Å². The second-order valence-corrected chi connectivity index (χ2v) is 8.63. The number of benzene rings is 2. The molecule has 11 heteroatoms. The van der Waals surface area contributed by atoms with Crippen molar-refractivity contribution in [2.75, 3.05) is 7.11 Å². The van der Waals surface area contributed by atoms with Crippen molar-refractivity contribution in [3.63, 3.8) is 0 Å². The van der Waals surface area contributed by atoms with Gasteiger partial charge in [-0.2, -0.15) is 0 Å². The molecule has 2 aromatic carbocycles. The van der Waals surface area contributed by atoms with Crippen LogP contribution in [-0.2, 0) is 13.1 Å². The van der Waals surface area contributed by atoms with E-state index in [0.717, 1.165) is 21.5 Å². The molecule has 176 valence electrons. The molecule has 0 saturated heterocycles. The zero-order valence-electron chi connectivity index (χ0n) is 18.4. The number of hydrogen-bond donors (Lipinski definition) is 2. The summed E-state index contributed by atoms with van der Waals surface area (Å²) in [5, 5.41) is 11.9. The first-order valence-corrected chi connectivity index (χ1v) is 11.1. The molecule has 35 heavy (non-hydrogen) atoms. The molecule has 0 aliphatic rings. The number of rotatable bonds is 7. The topological polar surface area (TPSA) is 119 Å². The van der Waals surface area contributed by atoms with Crippen LogP contribution in [0.3, 0.4) is 0 Å². The maximum atomic E-state index is 13.1. The van der Waals surface area contributed by atoms with Crippen LogP contribution in [0.5, 0.6) is 5.75 Å². The van der Waals surface area contributed by atoms with Crippen LogP contribution in [0.15, 0.2) is 64.3 Å². The Labute approximate surface area is 225 Å². The van der Waals surface area contributed by atoms with Crippen molar-refractivity contribution in [3.05, 3.63) is 103 Å². The van der Waals surface area contributed by atoms with Gasteiger partial charge in [-0.1, -0.05) is 24.3 Å². The van der Waals surface area contributed by atoms with Crippen LogP contribution in [0.1, 0.15) is 36.7 Å². The number of carbonyl (C=O) groups is 2. The fraction of sp³-hybridized carbons (Fsp3) is 0.167. The standard InChI is InChI=1S/C24H21N3O6S.Na.H/c1-14-21(29)26(12-16-3-7-17(8-4-16)23(30)31)24(32)27-13-19(34-22(14)27)20(28)25-11-15-5-9-18(33-2)10-6-15;;/h3-10,13H,11-12H2,1-2H3,(H,25,28)(H,30,31);;. The molecule has 4 rings (SSSR count). The van der Waals surface area contributed by atoms with Crippen molar-refractivity contribution in [1.29, 1.82) is 0 Å². The van der Waals surface area contributed by atoms with Crippen LogP contribution in [-0.4, -0.2) is 62.6 Å². The Balaban J connectivity index is 0.00000342. The molecule has 0 bridgehead atoms.